The zero-order valence-electron chi connectivity index (χ0n) is 14.8. The zero-order valence-corrected chi connectivity index (χ0v) is 17.2. The fourth-order valence-corrected chi connectivity index (χ4v) is 3.92. The lowest BCUT2D eigenvalue weighted by molar-refractivity contribution is -0.122. The first kappa shape index (κ1) is 19.4. The number of carbonyl (C=O) groups excluding carboxylic acids is 3. The fraction of sp³-hybridized carbons (Fsp3) is 0.0476. The molecule has 2 aromatic carbocycles. The standard InChI is InChI=1S/C21H12BrNO5S/c22-15-7-5-12(6-8-15)16(24)11-23-19(25)18(29-21(23)27)10-14-9-13-3-1-2-4-17(13)28-20(14)26/h1-10H,11H2/b18-10-. The number of hydrogen-bond donors (Lipinski definition) is 0. The maximum atomic E-state index is 12.6. The van der Waals surface area contributed by atoms with Crippen molar-refractivity contribution in [3.63, 3.8) is 0 Å². The van der Waals surface area contributed by atoms with Crippen LogP contribution in [0.25, 0.3) is 17.0 Å². The molecule has 0 unspecified atom stereocenters. The maximum absolute atomic E-state index is 12.6. The lowest BCUT2D eigenvalue weighted by atomic mass is 10.1. The molecule has 4 rings (SSSR count). The van der Waals surface area contributed by atoms with Crippen LogP contribution in [0.2, 0.25) is 0 Å². The lowest BCUT2D eigenvalue weighted by Crippen LogP contribution is -2.33. The van der Waals surface area contributed by atoms with Crippen LogP contribution in [0.15, 0.2) is 73.2 Å². The van der Waals surface area contributed by atoms with E-state index in [1.54, 1.807) is 54.6 Å². The molecule has 0 spiro atoms. The molecule has 0 radical (unpaired) electrons. The summed E-state index contributed by atoms with van der Waals surface area (Å²) in [5.74, 6) is -0.968. The normalized spacial score (nSPS) is 15.5. The van der Waals surface area contributed by atoms with Gasteiger partial charge in [-0.3, -0.25) is 19.3 Å². The van der Waals surface area contributed by atoms with Crippen LogP contribution in [0.5, 0.6) is 0 Å². The highest BCUT2D eigenvalue weighted by atomic mass is 79.9. The van der Waals surface area contributed by atoms with Crippen molar-refractivity contribution in [1.29, 1.82) is 0 Å². The molecule has 0 N–H and O–H groups in total. The second kappa shape index (κ2) is 7.81. The van der Waals surface area contributed by atoms with Crippen molar-refractivity contribution in [2.24, 2.45) is 0 Å². The molecular formula is C21H12BrNO5S. The van der Waals surface area contributed by atoms with E-state index in [2.05, 4.69) is 15.9 Å². The average molecular weight is 470 g/mol. The van der Waals surface area contributed by atoms with Crippen molar-refractivity contribution in [2.45, 2.75) is 0 Å². The quantitative estimate of drug-likeness (QED) is 0.318. The summed E-state index contributed by atoms with van der Waals surface area (Å²) in [5, 5.41) is 0.139. The van der Waals surface area contributed by atoms with Gasteiger partial charge in [0, 0.05) is 15.4 Å². The topological polar surface area (TPSA) is 84.7 Å². The lowest BCUT2D eigenvalue weighted by Gasteiger charge is -2.11. The number of ketones is 1. The van der Waals surface area contributed by atoms with Crippen LogP contribution < -0.4 is 5.63 Å². The summed E-state index contributed by atoms with van der Waals surface area (Å²) >= 11 is 3.98. The first-order valence-electron chi connectivity index (χ1n) is 8.49. The largest absolute Gasteiger partial charge is 0.422 e. The summed E-state index contributed by atoms with van der Waals surface area (Å²) in [6.45, 7) is -0.365. The number of thioether (sulfide) groups is 1. The first-order valence-corrected chi connectivity index (χ1v) is 10.1. The highest BCUT2D eigenvalue weighted by Gasteiger charge is 2.36. The molecule has 1 fully saturated rings. The molecule has 1 aliphatic heterocycles. The van der Waals surface area contributed by atoms with Crippen molar-refractivity contribution in [3.8, 4) is 0 Å². The summed E-state index contributed by atoms with van der Waals surface area (Å²) in [7, 11) is 0. The molecule has 2 heterocycles. The molecule has 0 saturated carbocycles. The van der Waals surface area contributed by atoms with Crippen molar-refractivity contribution in [1.82, 2.24) is 4.90 Å². The van der Waals surface area contributed by atoms with Gasteiger partial charge < -0.3 is 4.42 Å². The minimum Gasteiger partial charge on any atom is -0.422 e. The Morgan fingerprint density at radius 2 is 1.79 bits per heavy atom. The minimum atomic E-state index is -0.613. The third-order valence-corrected chi connectivity index (χ3v) is 5.73. The van der Waals surface area contributed by atoms with E-state index in [9.17, 15) is 19.2 Å². The molecule has 8 heteroatoms. The number of hydrogen-bond acceptors (Lipinski definition) is 6. The van der Waals surface area contributed by atoms with Gasteiger partial charge in [0.2, 0.25) is 0 Å². The van der Waals surface area contributed by atoms with E-state index in [0.717, 1.165) is 9.37 Å². The molecule has 0 atom stereocenters. The Kier molecular flexibility index (Phi) is 5.21. The van der Waals surface area contributed by atoms with Crippen LogP contribution >= 0.6 is 27.7 Å². The third kappa shape index (κ3) is 3.94. The molecule has 6 nitrogen and oxygen atoms in total. The van der Waals surface area contributed by atoms with Gasteiger partial charge in [0.05, 0.1) is 17.0 Å². The highest BCUT2D eigenvalue weighted by Crippen LogP contribution is 2.32. The third-order valence-electron chi connectivity index (χ3n) is 4.30. The van der Waals surface area contributed by atoms with E-state index < -0.39 is 16.8 Å². The number of carbonyl (C=O) groups is 3. The van der Waals surface area contributed by atoms with Crippen LogP contribution in [0.3, 0.4) is 0 Å². The molecule has 0 bridgehead atoms. The van der Waals surface area contributed by atoms with Gasteiger partial charge in [-0.2, -0.15) is 0 Å². The number of imide groups is 1. The second-order valence-corrected chi connectivity index (χ2v) is 8.13. The van der Waals surface area contributed by atoms with Gasteiger partial charge in [-0.1, -0.05) is 46.3 Å². The van der Waals surface area contributed by atoms with Gasteiger partial charge in [0.1, 0.15) is 5.58 Å². The summed E-state index contributed by atoms with van der Waals surface area (Å²) in [6, 6.07) is 15.2. The number of amides is 2. The van der Waals surface area contributed by atoms with Crippen molar-refractivity contribution in [3.05, 3.63) is 85.5 Å². The molecule has 29 heavy (non-hydrogen) atoms. The Hall–Kier alpha value is -2.97. The number of para-hydroxylation sites is 1. The van der Waals surface area contributed by atoms with Gasteiger partial charge in [0.25, 0.3) is 11.1 Å². The number of fused-ring (bicyclic) bond motifs is 1. The van der Waals surface area contributed by atoms with Gasteiger partial charge in [-0.05, 0) is 42.1 Å². The van der Waals surface area contributed by atoms with Crippen LogP contribution in [0.1, 0.15) is 15.9 Å². The Bertz CT molecular complexity index is 1250. The summed E-state index contributed by atoms with van der Waals surface area (Å²) in [5.41, 5.74) is 0.379. The molecule has 1 saturated heterocycles. The Morgan fingerprint density at radius 3 is 2.55 bits per heavy atom. The van der Waals surface area contributed by atoms with E-state index >= 15 is 0 Å². The van der Waals surface area contributed by atoms with E-state index in [0.29, 0.717) is 28.3 Å². The molecular weight excluding hydrogens is 458 g/mol. The highest BCUT2D eigenvalue weighted by molar-refractivity contribution is 9.10. The van der Waals surface area contributed by atoms with Gasteiger partial charge >= 0.3 is 5.63 Å². The smallest absolute Gasteiger partial charge is 0.343 e. The van der Waals surface area contributed by atoms with E-state index in [4.69, 9.17) is 4.42 Å². The number of benzene rings is 2. The number of rotatable bonds is 4. The average Bonchev–Trinajstić information content (AvgIpc) is 2.96. The predicted molar refractivity (Wildman–Crippen MR) is 114 cm³/mol. The minimum absolute atomic E-state index is 0.0705. The number of nitrogens with zero attached hydrogens (tertiary/aromatic N) is 1. The van der Waals surface area contributed by atoms with Crippen LogP contribution in [0.4, 0.5) is 4.79 Å². The van der Waals surface area contributed by atoms with Gasteiger partial charge in [-0.15, -0.1) is 0 Å². The SMILES string of the molecule is O=C(CN1C(=O)S/C(=C\c2cc3ccccc3oc2=O)C1=O)c1ccc(Br)cc1. The van der Waals surface area contributed by atoms with Crippen LogP contribution in [-0.4, -0.2) is 28.4 Å². The van der Waals surface area contributed by atoms with E-state index in [1.807, 2.05) is 0 Å². The molecule has 2 amide bonds. The van der Waals surface area contributed by atoms with Crippen LogP contribution in [0, 0.1) is 0 Å². The van der Waals surface area contributed by atoms with Gasteiger partial charge in [-0.25, -0.2) is 4.79 Å². The zero-order chi connectivity index (χ0) is 20.5. The molecule has 1 aliphatic rings. The monoisotopic (exact) mass is 469 g/mol. The van der Waals surface area contributed by atoms with Crippen molar-refractivity contribution in [2.75, 3.05) is 6.54 Å². The number of Topliss-reactive ketones (excluding diaryl/α,β-unsaturated/α-hetero) is 1. The Balaban J connectivity index is 1.59. The van der Waals surface area contributed by atoms with E-state index in [1.165, 1.54) is 6.08 Å². The molecule has 1 aromatic heterocycles. The first-order chi connectivity index (χ1) is 13.9. The van der Waals surface area contributed by atoms with Crippen LogP contribution in [-0.2, 0) is 4.79 Å². The van der Waals surface area contributed by atoms with Crippen molar-refractivity contribution >= 4 is 61.7 Å². The molecule has 0 aliphatic carbocycles. The molecule has 144 valence electrons. The summed E-state index contributed by atoms with van der Waals surface area (Å²) < 4.78 is 6.06. The maximum Gasteiger partial charge on any atom is 0.343 e. The number of halogens is 1. The van der Waals surface area contributed by atoms with Gasteiger partial charge in [0.15, 0.2) is 5.78 Å². The second-order valence-electron chi connectivity index (χ2n) is 6.22. The predicted octanol–water partition coefficient (Wildman–Crippen LogP) is 4.47. The van der Waals surface area contributed by atoms with E-state index in [-0.39, 0.29) is 22.8 Å². The Labute approximate surface area is 177 Å². The fourth-order valence-electron chi connectivity index (χ4n) is 2.83. The molecule has 3 aromatic rings. The summed E-state index contributed by atoms with van der Waals surface area (Å²) in [4.78, 5) is 50.5. The summed E-state index contributed by atoms with van der Waals surface area (Å²) in [6.07, 6.45) is 1.33. The van der Waals surface area contributed by atoms with Crippen molar-refractivity contribution < 1.29 is 18.8 Å². The Morgan fingerprint density at radius 1 is 1.07 bits per heavy atom.